The Hall–Kier alpha value is -1.10. The summed E-state index contributed by atoms with van der Waals surface area (Å²) in [5.74, 6) is -0.345. The summed E-state index contributed by atoms with van der Waals surface area (Å²) in [6.07, 6.45) is 1.61. The van der Waals surface area contributed by atoms with Crippen LogP contribution in [0.5, 0.6) is 0 Å². The van der Waals surface area contributed by atoms with E-state index in [0.717, 1.165) is 19.4 Å². The molecule has 1 saturated heterocycles. The van der Waals surface area contributed by atoms with Crippen LogP contribution in [0, 0.1) is 0 Å². The Morgan fingerprint density at radius 2 is 2.40 bits per heavy atom. The molecule has 2 N–H and O–H groups in total. The molecule has 0 aromatic carbocycles. The molecule has 86 valence electrons. The van der Waals surface area contributed by atoms with E-state index in [-0.39, 0.29) is 30.6 Å². The number of carbonyl (C=O) groups excluding carboxylic acids is 2. The van der Waals surface area contributed by atoms with E-state index in [2.05, 4.69) is 10.6 Å². The first-order valence-electron chi connectivity index (χ1n) is 5.30. The third kappa shape index (κ3) is 4.29. The Balaban J connectivity index is 2.23. The fourth-order valence-corrected chi connectivity index (χ4v) is 1.48. The highest BCUT2D eigenvalue weighted by Gasteiger charge is 2.22. The minimum atomic E-state index is -0.316. The van der Waals surface area contributed by atoms with Crippen LogP contribution in [0.3, 0.4) is 0 Å². The third-order valence-corrected chi connectivity index (χ3v) is 2.15. The van der Waals surface area contributed by atoms with Gasteiger partial charge in [-0.05, 0) is 26.7 Å². The van der Waals surface area contributed by atoms with Gasteiger partial charge in [0.15, 0.2) is 0 Å². The summed E-state index contributed by atoms with van der Waals surface area (Å²) in [6, 6.07) is -0.251. The maximum Gasteiger partial charge on any atom is 0.320 e. The Labute approximate surface area is 89.6 Å². The Kier molecular flexibility index (Phi) is 4.55. The summed E-state index contributed by atoms with van der Waals surface area (Å²) in [5, 5.41) is 5.63. The number of carbonyl (C=O) groups is 2. The normalized spacial score (nSPS) is 21.3. The number of piperidine rings is 1. The molecule has 0 aliphatic carbocycles. The summed E-state index contributed by atoms with van der Waals surface area (Å²) in [4.78, 5) is 22.5. The topological polar surface area (TPSA) is 67.4 Å². The van der Waals surface area contributed by atoms with Crippen molar-refractivity contribution in [1.29, 1.82) is 0 Å². The second-order valence-electron chi connectivity index (χ2n) is 3.91. The molecular formula is C10H18N2O3. The van der Waals surface area contributed by atoms with Crippen molar-refractivity contribution in [2.45, 2.75) is 38.8 Å². The quantitative estimate of drug-likeness (QED) is 0.636. The molecule has 1 heterocycles. The van der Waals surface area contributed by atoms with Crippen LogP contribution in [0.25, 0.3) is 0 Å². The number of hydrogen-bond acceptors (Lipinski definition) is 4. The standard InChI is InChI=1S/C10H18N2O3/c1-7(2)15-9(13)6-12-8-4-3-5-11-10(8)14/h7-8,12H,3-6H2,1-2H3,(H,11,14). The zero-order valence-electron chi connectivity index (χ0n) is 9.21. The summed E-state index contributed by atoms with van der Waals surface area (Å²) in [6.45, 7) is 4.42. The van der Waals surface area contributed by atoms with Crippen LogP contribution in [-0.4, -0.2) is 37.1 Å². The Morgan fingerprint density at radius 1 is 1.67 bits per heavy atom. The highest BCUT2D eigenvalue weighted by Crippen LogP contribution is 2.02. The molecule has 1 unspecified atom stereocenters. The highest BCUT2D eigenvalue weighted by atomic mass is 16.5. The summed E-state index contributed by atoms with van der Waals surface area (Å²) in [5.41, 5.74) is 0. The molecule has 0 saturated carbocycles. The van der Waals surface area contributed by atoms with Crippen molar-refractivity contribution in [3.05, 3.63) is 0 Å². The summed E-state index contributed by atoms with van der Waals surface area (Å²) >= 11 is 0. The van der Waals surface area contributed by atoms with Crippen molar-refractivity contribution in [2.75, 3.05) is 13.1 Å². The lowest BCUT2D eigenvalue weighted by Gasteiger charge is -2.22. The number of esters is 1. The molecule has 1 rings (SSSR count). The molecule has 1 fully saturated rings. The summed E-state index contributed by atoms with van der Waals surface area (Å²) in [7, 11) is 0. The molecule has 1 aliphatic rings. The van der Waals surface area contributed by atoms with Gasteiger partial charge in [0.1, 0.15) is 0 Å². The van der Waals surface area contributed by atoms with E-state index in [1.165, 1.54) is 0 Å². The SMILES string of the molecule is CC(C)OC(=O)CNC1CCCNC1=O. The first-order valence-corrected chi connectivity index (χ1v) is 5.30. The monoisotopic (exact) mass is 214 g/mol. The smallest absolute Gasteiger partial charge is 0.320 e. The van der Waals surface area contributed by atoms with Crippen molar-refractivity contribution in [1.82, 2.24) is 10.6 Å². The van der Waals surface area contributed by atoms with E-state index in [1.54, 1.807) is 13.8 Å². The lowest BCUT2D eigenvalue weighted by atomic mass is 10.1. The van der Waals surface area contributed by atoms with Crippen LogP contribution in [0.2, 0.25) is 0 Å². The first kappa shape index (κ1) is 12.0. The van der Waals surface area contributed by atoms with Gasteiger partial charge in [0, 0.05) is 6.54 Å². The third-order valence-electron chi connectivity index (χ3n) is 2.15. The van der Waals surface area contributed by atoms with Crippen molar-refractivity contribution < 1.29 is 14.3 Å². The van der Waals surface area contributed by atoms with Gasteiger partial charge in [0.2, 0.25) is 5.91 Å². The van der Waals surface area contributed by atoms with Crippen molar-refractivity contribution >= 4 is 11.9 Å². The molecular weight excluding hydrogens is 196 g/mol. The van der Waals surface area contributed by atoms with E-state index in [0.29, 0.717) is 0 Å². The second-order valence-corrected chi connectivity index (χ2v) is 3.91. The zero-order valence-corrected chi connectivity index (χ0v) is 9.21. The van der Waals surface area contributed by atoms with E-state index >= 15 is 0 Å². The second kappa shape index (κ2) is 5.70. The number of nitrogens with one attached hydrogen (secondary N) is 2. The van der Waals surface area contributed by atoms with Crippen LogP contribution >= 0.6 is 0 Å². The molecule has 15 heavy (non-hydrogen) atoms. The van der Waals surface area contributed by atoms with Crippen LogP contribution in [-0.2, 0) is 14.3 Å². The average molecular weight is 214 g/mol. The molecule has 0 bridgehead atoms. The van der Waals surface area contributed by atoms with Gasteiger partial charge >= 0.3 is 5.97 Å². The molecule has 1 atom stereocenters. The average Bonchev–Trinajstić information content (AvgIpc) is 2.15. The lowest BCUT2D eigenvalue weighted by molar-refractivity contribution is -0.146. The van der Waals surface area contributed by atoms with E-state index in [1.807, 2.05) is 0 Å². The molecule has 5 nitrogen and oxygen atoms in total. The molecule has 0 radical (unpaired) electrons. The Morgan fingerprint density at radius 3 is 3.00 bits per heavy atom. The van der Waals surface area contributed by atoms with Gasteiger partial charge < -0.3 is 10.1 Å². The van der Waals surface area contributed by atoms with Crippen LogP contribution in [0.4, 0.5) is 0 Å². The largest absolute Gasteiger partial charge is 0.462 e. The molecule has 0 aromatic heterocycles. The minimum absolute atomic E-state index is 0.0291. The van der Waals surface area contributed by atoms with E-state index in [9.17, 15) is 9.59 Å². The van der Waals surface area contributed by atoms with Gasteiger partial charge in [-0.15, -0.1) is 0 Å². The number of ether oxygens (including phenoxy) is 1. The van der Waals surface area contributed by atoms with Gasteiger partial charge in [-0.3, -0.25) is 14.9 Å². The molecule has 5 heteroatoms. The van der Waals surface area contributed by atoms with E-state index < -0.39 is 0 Å². The van der Waals surface area contributed by atoms with Gasteiger partial charge in [0.25, 0.3) is 0 Å². The van der Waals surface area contributed by atoms with Crippen LogP contribution in [0.15, 0.2) is 0 Å². The maximum absolute atomic E-state index is 11.3. The van der Waals surface area contributed by atoms with Crippen molar-refractivity contribution in [3.63, 3.8) is 0 Å². The maximum atomic E-state index is 11.3. The van der Waals surface area contributed by atoms with Gasteiger partial charge in [0.05, 0.1) is 18.7 Å². The molecule has 1 amide bonds. The predicted octanol–water partition coefficient (Wildman–Crippen LogP) is -0.194. The number of amides is 1. The first-order chi connectivity index (χ1) is 7.09. The van der Waals surface area contributed by atoms with Gasteiger partial charge in [-0.2, -0.15) is 0 Å². The molecule has 0 spiro atoms. The highest BCUT2D eigenvalue weighted by molar-refractivity contribution is 5.83. The fourth-order valence-electron chi connectivity index (χ4n) is 1.48. The van der Waals surface area contributed by atoms with Crippen molar-refractivity contribution in [2.24, 2.45) is 0 Å². The number of rotatable bonds is 4. The minimum Gasteiger partial charge on any atom is -0.462 e. The number of hydrogen-bond donors (Lipinski definition) is 2. The lowest BCUT2D eigenvalue weighted by Crippen LogP contribution is -2.49. The van der Waals surface area contributed by atoms with Crippen LogP contribution in [0.1, 0.15) is 26.7 Å². The molecule has 0 aromatic rings. The van der Waals surface area contributed by atoms with Gasteiger partial charge in [-0.1, -0.05) is 0 Å². The summed E-state index contributed by atoms with van der Waals surface area (Å²) < 4.78 is 4.94. The zero-order chi connectivity index (χ0) is 11.3. The van der Waals surface area contributed by atoms with Crippen LogP contribution < -0.4 is 10.6 Å². The van der Waals surface area contributed by atoms with E-state index in [4.69, 9.17) is 4.74 Å². The van der Waals surface area contributed by atoms with Crippen molar-refractivity contribution in [3.8, 4) is 0 Å². The fraction of sp³-hybridized carbons (Fsp3) is 0.800. The van der Waals surface area contributed by atoms with Gasteiger partial charge in [-0.25, -0.2) is 0 Å². The molecule has 1 aliphatic heterocycles. The Bertz CT molecular complexity index is 241. The predicted molar refractivity (Wildman–Crippen MR) is 55.3 cm³/mol.